The van der Waals surface area contributed by atoms with E-state index in [-0.39, 0.29) is 23.6 Å². The van der Waals surface area contributed by atoms with Crippen LogP contribution in [-0.4, -0.2) is 69.7 Å². The molecule has 1 aliphatic carbocycles. The maximum Gasteiger partial charge on any atom is 0.434 e. The fraction of sp³-hybridized carbons (Fsp3) is 0.577. The Morgan fingerprint density at radius 3 is 2.36 bits per heavy atom. The molecular formula is C26H32F3N5O2. The third-order valence-corrected chi connectivity index (χ3v) is 7.64. The largest absolute Gasteiger partial charge is 0.443 e. The summed E-state index contributed by atoms with van der Waals surface area (Å²) in [7, 11) is 0. The minimum Gasteiger partial charge on any atom is -0.443 e. The van der Waals surface area contributed by atoms with Gasteiger partial charge in [-0.15, -0.1) is 0 Å². The number of carbonyl (C=O) groups is 1. The number of rotatable bonds is 4. The van der Waals surface area contributed by atoms with E-state index < -0.39 is 17.5 Å². The lowest BCUT2D eigenvalue weighted by atomic mass is 9.55. The Morgan fingerprint density at radius 2 is 1.75 bits per heavy atom. The highest BCUT2D eigenvalue weighted by Crippen LogP contribution is 2.56. The molecule has 2 aromatic rings. The first-order valence-electron chi connectivity index (χ1n) is 12.4. The summed E-state index contributed by atoms with van der Waals surface area (Å²) in [6.45, 7) is 9.67. The number of aromatic nitrogens is 2. The molecule has 1 aromatic heterocycles. The molecule has 3 aliphatic rings. The van der Waals surface area contributed by atoms with Gasteiger partial charge in [-0.25, -0.2) is 14.8 Å². The van der Waals surface area contributed by atoms with Crippen LogP contribution >= 0.6 is 0 Å². The number of benzene rings is 1. The van der Waals surface area contributed by atoms with Crippen molar-refractivity contribution in [3.8, 4) is 0 Å². The van der Waals surface area contributed by atoms with E-state index in [9.17, 15) is 18.0 Å². The SMILES string of the molecule is C[C@@H]1CN(c2cnc(C(F)(F)F)cn2)[C@@H](C)CN1C(=O)OC1(C)CC2(CN(Cc3ccccc3)C2)C1. The van der Waals surface area contributed by atoms with Crippen molar-refractivity contribution in [2.75, 3.05) is 31.1 Å². The molecule has 0 N–H and O–H groups in total. The quantitative estimate of drug-likeness (QED) is 0.609. The van der Waals surface area contributed by atoms with E-state index in [1.54, 1.807) is 4.90 Å². The predicted molar refractivity (Wildman–Crippen MR) is 128 cm³/mol. The van der Waals surface area contributed by atoms with Gasteiger partial charge in [0, 0.05) is 50.2 Å². The van der Waals surface area contributed by atoms with E-state index in [0.29, 0.717) is 18.9 Å². The summed E-state index contributed by atoms with van der Waals surface area (Å²) in [5.74, 6) is 0.369. The van der Waals surface area contributed by atoms with Crippen LogP contribution in [-0.2, 0) is 17.5 Å². The lowest BCUT2D eigenvalue weighted by Crippen LogP contribution is -2.68. The van der Waals surface area contributed by atoms with Crippen LogP contribution in [0.15, 0.2) is 42.7 Å². The summed E-state index contributed by atoms with van der Waals surface area (Å²) in [4.78, 5) is 26.6. The molecule has 1 spiro atoms. The molecule has 10 heteroatoms. The van der Waals surface area contributed by atoms with Gasteiger partial charge in [-0.3, -0.25) is 4.90 Å². The number of nitrogens with zero attached hydrogens (tertiary/aromatic N) is 5. The van der Waals surface area contributed by atoms with E-state index in [2.05, 4.69) is 39.1 Å². The number of piperazine rings is 1. The molecule has 194 valence electrons. The van der Waals surface area contributed by atoms with Gasteiger partial charge in [-0.1, -0.05) is 30.3 Å². The minimum atomic E-state index is -4.53. The zero-order valence-electron chi connectivity index (χ0n) is 20.8. The van der Waals surface area contributed by atoms with Gasteiger partial charge in [0.15, 0.2) is 5.69 Å². The van der Waals surface area contributed by atoms with Gasteiger partial charge in [-0.2, -0.15) is 13.2 Å². The molecule has 7 nitrogen and oxygen atoms in total. The summed E-state index contributed by atoms with van der Waals surface area (Å²) < 4.78 is 44.5. The normalized spacial score (nSPS) is 25.3. The number of ether oxygens (including phenoxy) is 1. The van der Waals surface area contributed by atoms with Gasteiger partial charge in [0.2, 0.25) is 0 Å². The molecule has 5 rings (SSSR count). The van der Waals surface area contributed by atoms with Crippen LogP contribution in [0.2, 0.25) is 0 Å². The number of likely N-dealkylation sites (tertiary alicyclic amines) is 1. The van der Waals surface area contributed by atoms with Crippen molar-refractivity contribution in [2.45, 2.75) is 64.0 Å². The molecule has 0 bridgehead atoms. The predicted octanol–water partition coefficient (Wildman–Crippen LogP) is 4.59. The van der Waals surface area contributed by atoms with Crippen molar-refractivity contribution >= 4 is 11.9 Å². The van der Waals surface area contributed by atoms with Crippen LogP contribution < -0.4 is 4.90 Å². The molecular weight excluding hydrogens is 471 g/mol. The number of alkyl halides is 3. The van der Waals surface area contributed by atoms with Gasteiger partial charge in [-0.05, 0) is 39.2 Å². The highest BCUT2D eigenvalue weighted by Gasteiger charge is 2.60. The second kappa shape index (κ2) is 8.90. The van der Waals surface area contributed by atoms with E-state index in [1.165, 1.54) is 5.56 Å². The standard InChI is InChI=1S/C26H32F3N5O2/c1-18-12-34(19(2)11-33(18)22-10-30-21(9-31-22)26(27,28)29)23(35)36-24(3)14-25(15-24)16-32(17-25)13-20-7-5-4-6-8-20/h4-10,18-19H,11-17H2,1-3H3/t18-,19+/m0/s1. The first kappa shape index (κ1) is 24.8. The Labute approximate surface area is 209 Å². The van der Waals surface area contributed by atoms with Crippen LogP contribution in [0, 0.1) is 5.41 Å². The fourth-order valence-electron chi connectivity index (χ4n) is 6.27. The number of halogens is 3. The highest BCUT2D eigenvalue weighted by atomic mass is 19.4. The van der Waals surface area contributed by atoms with Crippen LogP contribution in [0.5, 0.6) is 0 Å². The fourth-order valence-corrected chi connectivity index (χ4v) is 6.27. The summed E-state index contributed by atoms with van der Waals surface area (Å²) in [5, 5.41) is 0. The molecule has 1 aromatic carbocycles. The molecule has 1 amide bonds. The molecule has 1 saturated carbocycles. The number of amides is 1. The van der Waals surface area contributed by atoms with Crippen molar-refractivity contribution in [1.82, 2.24) is 19.8 Å². The van der Waals surface area contributed by atoms with Gasteiger partial charge < -0.3 is 14.5 Å². The van der Waals surface area contributed by atoms with Crippen molar-refractivity contribution in [3.05, 3.63) is 54.0 Å². The van der Waals surface area contributed by atoms with Crippen molar-refractivity contribution in [1.29, 1.82) is 0 Å². The Balaban J connectivity index is 1.12. The zero-order valence-corrected chi connectivity index (χ0v) is 20.8. The van der Waals surface area contributed by atoms with Gasteiger partial charge in [0.25, 0.3) is 0 Å². The minimum absolute atomic E-state index is 0.140. The first-order valence-corrected chi connectivity index (χ1v) is 12.4. The average Bonchev–Trinajstić information content (AvgIpc) is 2.78. The smallest absolute Gasteiger partial charge is 0.434 e. The second-order valence-electron chi connectivity index (χ2n) is 11.1. The monoisotopic (exact) mass is 503 g/mol. The third kappa shape index (κ3) is 4.87. The molecule has 0 unspecified atom stereocenters. The topological polar surface area (TPSA) is 61.8 Å². The van der Waals surface area contributed by atoms with Crippen LogP contribution in [0.25, 0.3) is 0 Å². The lowest BCUT2D eigenvalue weighted by molar-refractivity contribution is -0.187. The van der Waals surface area contributed by atoms with Crippen molar-refractivity contribution in [3.63, 3.8) is 0 Å². The molecule has 2 aliphatic heterocycles. The van der Waals surface area contributed by atoms with Gasteiger partial charge >= 0.3 is 12.3 Å². The Kier molecular flexibility index (Phi) is 6.13. The number of hydrogen-bond donors (Lipinski definition) is 0. The summed E-state index contributed by atoms with van der Waals surface area (Å²) in [6.07, 6.45) is -1.23. The molecule has 3 fully saturated rings. The van der Waals surface area contributed by atoms with E-state index in [0.717, 1.165) is 44.9 Å². The molecule has 3 heterocycles. The summed E-state index contributed by atoms with van der Waals surface area (Å²) in [5.41, 5.74) is 0.0677. The number of anilines is 1. The van der Waals surface area contributed by atoms with E-state index in [1.807, 2.05) is 31.7 Å². The van der Waals surface area contributed by atoms with Crippen LogP contribution in [0.3, 0.4) is 0 Å². The Hall–Kier alpha value is -2.88. The maximum atomic E-state index is 13.1. The third-order valence-electron chi connectivity index (χ3n) is 7.64. The molecule has 0 radical (unpaired) electrons. The Bertz CT molecular complexity index is 1080. The van der Waals surface area contributed by atoms with E-state index in [4.69, 9.17) is 4.74 Å². The first-order chi connectivity index (χ1) is 17.0. The highest BCUT2D eigenvalue weighted by molar-refractivity contribution is 5.69. The van der Waals surface area contributed by atoms with Crippen LogP contribution in [0.4, 0.5) is 23.8 Å². The van der Waals surface area contributed by atoms with Gasteiger partial charge in [0.1, 0.15) is 11.4 Å². The van der Waals surface area contributed by atoms with E-state index >= 15 is 0 Å². The van der Waals surface area contributed by atoms with Crippen molar-refractivity contribution < 1.29 is 22.7 Å². The summed E-state index contributed by atoms with van der Waals surface area (Å²) in [6, 6.07) is 10.1. The second-order valence-corrected chi connectivity index (χ2v) is 11.1. The number of carbonyl (C=O) groups excluding carboxylic acids is 1. The van der Waals surface area contributed by atoms with Crippen LogP contribution in [0.1, 0.15) is 44.9 Å². The lowest BCUT2D eigenvalue weighted by Gasteiger charge is -2.62. The molecule has 36 heavy (non-hydrogen) atoms. The Morgan fingerprint density at radius 1 is 1.06 bits per heavy atom. The van der Waals surface area contributed by atoms with Gasteiger partial charge in [0.05, 0.1) is 12.4 Å². The maximum absolute atomic E-state index is 13.1. The number of hydrogen-bond acceptors (Lipinski definition) is 6. The average molecular weight is 504 g/mol. The summed E-state index contributed by atoms with van der Waals surface area (Å²) >= 11 is 0. The molecule has 2 saturated heterocycles. The molecule has 2 atom stereocenters. The van der Waals surface area contributed by atoms with Crippen molar-refractivity contribution in [2.24, 2.45) is 5.41 Å². The zero-order chi connectivity index (χ0) is 25.7.